The van der Waals surface area contributed by atoms with Gasteiger partial charge in [-0.05, 0) is 133 Å². The second-order valence-electron chi connectivity index (χ2n) is 15.9. The quantitative estimate of drug-likeness (QED) is 0.151. The van der Waals surface area contributed by atoms with Gasteiger partial charge in [0.05, 0.1) is 11.0 Å². The molecule has 294 valence electrons. The third-order valence-electron chi connectivity index (χ3n) is 11.9. The van der Waals surface area contributed by atoms with Crippen LogP contribution in [0, 0.1) is 20.8 Å². The summed E-state index contributed by atoms with van der Waals surface area (Å²) in [5.41, 5.74) is 17.2. The minimum atomic E-state index is 0.785. The van der Waals surface area contributed by atoms with Crippen molar-refractivity contribution < 1.29 is 8.83 Å². The van der Waals surface area contributed by atoms with Gasteiger partial charge >= 0.3 is 0 Å². The molecule has 3 nitrogen and oxygen atoms in total. The van der Waals surface area contributed by atoms with Crippen LogP contribution in [0.5, 0.6) is 0 Å². The summed E-state index contributed by atoms with van der Waals surface area (Å²) in [6.45, 7) is 10.4. The molecule has 0 spiro atoms. The summed E-state index contributed by atoms with van der Waals surface area (Å²) in [5, 5.41) is 7.02. The van der Waals surface area contributed by atoms with Gasteiger partial charge in [0.1, 0.15) is 22.3 Å². The van der Waals surface area contributed by atoms with Crippen molar-refractivity contribution in [1.29, 1.82) is 0 Å². The molecule has 0 amide bonds. The second kappa shape index (κ2) is 15.9. The van der Waals surface area contributed by atoms with Gasteiger partial charge in [0, 0.05) is 38.0 Å². The highest BCUT2D eigenvalue weighted by Crippen LogP contribution is 2.37. The zero-order chi connectivity index (χ0) is 41.5. The van der Waals surface area contributed by atoms with Crippen LogP contribution in [0.4, 0.5) is 0 Å². The number of aryl methyl sites for hydroxylation is 3. The Labute approximate surface area is 355 Å². The molecular weight excluding hydrogens is 743 g/mol. The predicted octanol–water partition coefficient (Wildman–Crippen LogP) is 16.2. The SMILES string of the molecule is C=C/C=C\C(=C/Cc1ccc2oc3ccc(C)cc3c2c1)c1ccc2oc3ccc(-n4c5ccccc5c5ccccc54)cc3c2c1.Cc1ccccc1-c1ccccc1C. The molecule has 3 aromatic heterocycles. The van der Waals surface area contributed by atoms with E-state index in [1.807, 2.05) is 12.2 Å². The Hall–Kier alpha value is -7.62. The number of para-hydroxylation sites is 2. The van der Waals surface area contributed by atoms with Crippen molar-refractivity contribution in [3.63, 3.8) is 0 Å². The molecule has 8 aromatic carbocycles. The second-order valence-corrected chi connectivity index (χ2v) is 15.9. The van der Waals surface area contributed by atoms with Gasteiger partial charge in [-0.25, -0.2) is 0 Å². The third-order valence-corrected chi connectivity index (χ3v) is 11.9. The zero-order valence-corrected chi connectivity index (χ0v) is 34.7. The van der Waals surface area contributed by atoms with Crippen molar-refractivity contribution in [1.82, 2.24) is 4.57 Å². The molecule has 3 heterocycles. The van der Waals surface area contributed by atoms with E-state index < -0.39 is 0 Å². The monoisotopic (exact) mass is 787 g/mol. The van der Waals surface area contributed by atoms with Crippen LogP contribution in [-0.4, -0.2) is 4.57 Å². The summed E-state index contributed by atoms with van der Waals surface area (Å²) in [7, 11) is 0. The fourth-order valence-electron chi connectivity index (χ4n) is 8.78. The average molecular weight is 788 g/mol. The number of aromatic nitrogens is 1. The molecule has 0 radical (unpaired) electrons. The molecule has 0 bridgehead atoms. The Balaban J connectivity index is 0.000000270. The number of benzene rings is 8. The molecule has 3 heteroatoms. The van der Waals surface area contributed by atoms with Crippen LogP contribution in [0.2, 0.25) is 0 Å². The van der Waals surface area contributed by atoms with Crippen LogP contribution in [0.25, 0.3) is 88.1 Å². The Bertz CT molecular complexity index is 3410. The summed E-state index contributed by atoms with van der Waals surface area (Å²) < 4.78 is 14.8. The van der Waals surface area contributed by atoms with Crippen molar-refractivity contribution >= 4 is 71.3 Å². The van der Waals surface area contributed by atoms with E-state index in [2.05, 4.69) is 214 Å². The van der Waals surface area contributed by atoms with E-state index in [0.717, 1.165) is 67.1 Å². The molecule has 11 rings (SSSR count). The summed E-state index contributed by atoms with van der Waals surface area (Å²) >= 11 is 0. The first-order valence-corrected chi connectivity index (χ1v) is 20.9. The Morgan fingerprint density at radius 2 is 1.03 bits per heavy atom. The van der Waals surface area contributed by atoms with Gasteiger partial charge in [-0.15, -0.1) is 0 Å². The van der Waals surface area contributed by atoms with E-state index >= 15 is 0 Å². The first-order valence-electron chi connectivity index (χ1n) is 20.9. The van der Waals surface area contributed by atoms with Crippen molar-refractivity contribution in [3.8, 4) is 16.8 Å². The van der Waals surface area contributed by atoms with Crippen molar-refractivity contribution in [2.24, 2.45) is 0 Å². The molecule has 0 fully saturated rings. The minimum absolute atomic E-state index is 0.785. The summed E-state index contributed by atoms with van der Waals surface area (Å²) in [5.74, 6) is 0. The van der Waals surface area contributed by atoms with E-state index in [-0.39, 0.29) is 0 Å². The maximum atomic E-state index is 6.35. The molecule has 11 aromatic rings. The van der Waals surface area contributed by atoms with Crippen LogP contribution in [0.1, 0.15) is 27.8 Å². The summed E-state index contributed by atoms with van der Waals surface area (Å²) in [6.07, 6.45) is 9.03. The topological polar surface area (TPSA) is 31.2 Å². The molecule has 0 saturated heterocycles. The maximum absolute atomic E-state index is 6.35. The summed E-state index contributed by atoms with van der Waals surface area (Å²) in [4.78, 5) is 0. The van der Waals surface area contributed by atoms with E-state index in [9.17, 15) is 0 Å². The molecule has 0 aliphatic rings. The van der Waals surface area contributed by atoms with Gasteiger partial charge in [-0.2, -0.15) is 0 Å². The fourth-order valence-corrected chi connectivity index (χ4v) is 8.78. The predicted molar refractivity (Wildman–Crippen MR) is 259 cm³/mol. The van der Waals surface area contributed by atoms with Crippen molar-refractivity contribution in [2.45, 2.75) is 27.2 Å². The number of hydrogen-bond acceptors (Lipinski definition) is 2. The lowest BCUT2D eigenvalue weighted by Crippen LogP contribution is -1.93. The first-order chi connectivity index (χ1) is 29.9. The highest BCUT2D eigenvalue weighted by Gasteiger charge is 2.15. The highest BCUT2D eigenvalue weighted by molar-refractivity contribution is 6.11. The molecule has 0 atom stereocenters. The number of hydrogen-bond donors (Lipinski definition) is 0. The summed E-state index contributed by atoms with van der Waals surface area (Å²) in [6, 6.07) is 60.1. The number of rotatable bonds is 7. The zero-order valence-electron chi connectivity index (χ0n) is 34.7. The number of allylic oxidation sites excluding steroid dienone is 5. The number of nitrogens with zero attached hydrogens (tertiary/aromatic N) is 1. The average Bonchev–Trinajstić information content (AvgIpc) is 3.96. The Morgan fingerprint density at radius 3 is 1.67 bits per heavy atom. The molecule has 0 aliphatic heterocycles. The molecule has 0 aliphatic carbocycles. The van der Waals surface area contributed by atoms with E-state index in [1.165, 1.54) is 55.2 Å². The van der Waals surface area contributed by atoms with E-state index in [1.54, 1.807) is 0 Å². The number of furan rings is 2. The van der Waals surface area contributed by atoms with Gasteiger partial charge in [0.15, 0.2) is 0 Å². The van der Waals surface area contributed by atoms with E-state index in [0.29, 0.717) is 0 Å². The minimum Gasteiger partial charge on any atom is -0.456 e. The fraction of sp³-hybridized carbons (Fsp3) is 0.0690. The van der Waals surface area contributed by atoms with Crippen molar-refractivity contribution in [3.05, 3.63) is 229 Å². The highest BCUT2D eigenvalue weighted by atomic mass is 16.3. The maximum Gasteiger partial charge on any atom is 0.135 e. The molecule has 0 saturated carbocycles. The Kier molecular flexibility index (Phi) is 9.78. The molecule has 0 N–H and O–H groups in total. The van der Waals surface area contributed by atoms with Crippen LogP contribution in [-0.2, 0) is 6.42 Å². The van der Waals surface area contributed by atoms with Crippen LogP contribution in [0.15, 0.2) is 210 Å². The van der Waals surface area contributed by atoms with Crippen LogP contribution < -0.4 is 0 Å². The Morgan fingerprint density at radius 1 is 0.508 bits per heavy atom. The van der Waals surface area contributed by atoms with Crippen molar-refractivity contribution in [2.75, 3.05) is 0 Å². The molecule has 61 heavy (non-hydrogen) atoms. The van der Waals surface area contributed by atoms with Gasteiger partial charge in [-0.3, -0.25) is 0 Å². The largest absolute Gasteiger partial charge is 0.456 e. The standard InChI is InChI=1S/C44H31NO2.C14H14/c1-3-4-9-30(17-15-29-16-21-42-36(25-29)35-24-28(2)14-20-41(35)46-42)31-18-22-43-37(26-31)38-27-32(19-23-44(38)47-43)45-39-12-7-5-10-33(39)34-11-6-8-13-40(34)45;1-11-7-3-5-9-13(11)14-10-6-4-8-12(14)2/h3-14,16-27H,1,15H2,2H3;3-10H,1-2H3/b9-4-,30-17+;. The lowest BCUT2D eigenvalue weighted by Gasteiger charge is -2.08. The first kappa shape index (κ1) is 37.6. The van der Waals surface area contributed by atoms with Gasteiger partial charge < -0.3 is 13.4 Å². The van der Waals surface area contributed by atoms with Crippen LogP contribution >= 0.6 is 0 Å². The molecule has 0 unspecified atom stereocenters. The smallest absolute Gasteiger partial charge is 0.135 e. The van der Waals surface area contributed by atoms with Gasteiger partial charge in [-0.1, -0.05) is 140 Å². The lowest BCUT2D eigenvalue weighted by molar-refractivity contribution is 0.668. The number of fused-ring (bicyclic) bond motifs is 9. The normalized spacial score (nSPS) is 12.0. The molecular formula is C58H45NO2. The van der Waals surface area contributed by atoms with E-state index in [4.69, 9.17) is 8.83 Å². The third kappa shape index (κ3) is 7.04. The lowest BCUT2D eigenvalue weighted by atomic mass is 9.97. The van der Waals surface area contributed by atoms with Gasteiger partial charge in [0.2, 0.25) is 0 Å². The van der Waals surface area contributed by atoms with Crippen LogP contribution in [0.3, 0.4) is 0 Å². The van der Waals surface area contributed by atoms with Gasteiger partial charge in [0.25, 0.3) is 0 Å².